The van der Waals surface area contributed by atoms with Crippen molar-refractivity contribution in [3.63, 3.8) is 0 Å². The average Bonchev–Trinajstić information content (AvgIpc) is 3.11. The van der Waals surface area contributed by atoms with Crippen LogP contribution >= 0.6 is 0 Å². The minimum atomic E-state index is -0.0282. The van der Waals surface area contributed by atoms with Crippen LogP contribution in [0.5, 0.6) is 0 Å². The number of aryl methyl sites for hydroxylation is 1. The van der Waals surface area contributed by atoms with Crippen molar-refractivity contribution in [2.45, 2.75) is 57.9 Å². The number of benzene rings is 1. The Balaban J connectivity index is 1.54. The van der Waals surface area contributed by atoms with Crippen molar-refractivity contribution in [3.8, 4) is 0 Å². The second-order valence-electron chi connectivity index (χ2n) is 7.96. The van der Waals surface area contributed by atoms with Crippen molar-refractivity contribution in [3.05, 3.63) is 53.2 Å². The number of fused-ring (bicyclic) bond motifs is 1. The van der Waals surface area contributed by atoms with Gasteiger partial charge >= 0.3 is 0 Å². The van der Waals surface area contributed by atoms with E-state index in [1.54, 1.807) is 7.05 Å². The predicted octanol–water partition coefficient (Wildman–Crippen LogP) is 3.76. The molecule has 3 rings (SSSR count). The first-order valence-electron chi connectivity index (χ1n) is 9.45. The van der Waals surface area contributed by atoms with Gasteiger partial charge in [-0.25, -0.2) is 4.98 Å². The molecule has 2 aromatic rings. The Morgan fingerprint density at radius 2 is 2.08 bits per heavy atom. The van der Waals surface area contributed by atoms with Crippen LogP contribution < -0.4 is 10.6 Å². The maximum Gasteiger partial charge on any atom is 0.213 e. The van der Waals surface area contributed by atoms with E-state index in [9.17, 15) is 0 Å². The molecule has 0 saturated carbocycles. The van der Waals surface area contributed by atoms with E-state index in [2.05, 4.69) is 65.6 Å². The van der Waals surface area contributed by atoms with Gasteiger partial charge in [-0.1, -0.05) is 45.0 Å². The summed E-state index contributed by atoms with van der Waals surface area (Å²) in [6, 6.07) is 8.79. The Bertz CT molecular complexity index is 757. The Kier molecular flexibility index (Phi) is 5.64. The fraction of sp³-hybridized carbons (Fsp3) is 0.524. The van der Waals surface area contributed by atoms with E-state index in [1.165, 1.54) is 30.4 Å². The molecular formula is C21H30N4O. The Morgan fingerprint density at radius 3 is 2.81 bits per heavy atom. The van der Waals surface area contributed by atoms with Gasteiger partial charge in [-0.2, -0.15) is 0 Å². The van der Waals surface area contributed by atoms with Crippen LogP contribution in [0.25, 0.3) is 0 Å². The highest BCUT2D eigenvalue weighted by atomic mass is 16.4. The molecule has 0 spiro atoms. The molecule has 1 aromatic heterocycles. The number of oxazole rings is 1. The molecule has 0 bridgehead atoms. The van der Waals surface area contributed by atoms with Gasteiger partial charge in [0.1, 0.15) is 5.76 Å². The third-order valence-electron chi connectivity index (χ3n) is 4.93. The Morgan fingerprint density at radius 1 is 1.27 bits per heavy atom. The zero-order valence-corrected chi connectivity index (χ0v) is 16.3. The van der Waals surface area contributed by atoms with Crippen LogP contribution in [-0.2, 0) is 18.4 Å². The molecule has 0 saturated heterocycles. The quantitative estimate of drug-likeness (QED) is 0.648. The standard InChI is InChI=1S/C21H30N4O/c1-21(2,3)18-13-23-19(26-18)14-25-20(22-4)24-12-16-10-7-9-15-8-5-6-11-17(15)16/h5-6,8,11,13,16H,7,9-10,12,14H2,1-4H3,(H2,22,24,25). The number of aliphatic imine (C=N–C) groups is 1. The highest BCUT2D eigenvalue weighted by Gasteiger charge is 2.21. The number of nitrogens with zero attached hydrogens (tertiary/aromatic N) is 2. The third-order valence-corrected chi connectivity index (χ3v) is 4.93. The predicted molar refractivity (Wildman–Crippen MR) is 106 cm³/mol. The zero-order chi connectivity index (χ0) is 18.6. The van der Waals surface area contributed by atoms with Crippen LogP contribution in [0.1, 0.15) is 62.3 Å². The van der Waals surface area contributed by atoms with Gasteiger partial charge < -0.3 is 15.1 Å². The van der Waals surface area contributed by atoms with Crippen molar-refractivity contribution in [1.29, 1.82) is 0 Å². The molecule has 1 aromatic carbocycles. The molecular weight excluding hydrogens is 324 g/mol. The first-order valence-corrected chi connectivity index (χ1v) is 9.45. The molecule has 1 atom stereocenters. The van der Waals surface area contributed by atoms with Gasteiger partial charge in [0.15, 0.2) is 5.96 Å². The number of hydrogen-bond donors (Lipinski definition) is 2. The first kappa shape index (κ1) is 18.5. The highest BCUT2D eigenvalue weighted by molar-refractivity contribution is 5.79. The fourth-order valence-corrected chi connectivity index (χ4v) is 3.41. The molecule has 1 heterocycles. The van der Waals surface area contributed by atoms with E-state index in [0.29, 0.717) is 18.4 Å². The number of hydrogen-bond acceptors (Lipinski definition) is 3. The van der Waals surface area contributed by atoms with E-state index in [1.807, 2.05) is 6.20 Å². The topological polar surface area (TPSA) is 62.5 Å². The fourth-order valence-electron chi connectivity index (χ4n) is 3.41. The maximum absolute atomic E-state index is 5.83. The summed E-state index contributed by atoms with van der Waals surface area (Å²) in [5.41, 5.74) is 2.94. The highest BCUT2D eigenvalue weighted by Crippen LogP contribution is 2.30. The van der Waals surface area contributed by atoms with Crippen molar-refractivity contribution in [2.24, 2.45) is 4.99 Å². The molecule has 2 N–H and O–H groups in total. The van der Waals surface area contributed by atoms with Crippen LogP contribution in [0.3, 0.4) is 0 Å². The van der Waals surface area contributed by atoms with Gasteiger partial charge in [0, 0.05) is 24.9 Å². The second-order valence-corrected chi connectivity index (χ2v) is 7.96. The van der Waals surface area contributed by atoms with Crippen LogP contribution in [0.4, 0.5) is 0 Å². The molecule has 1 unspecified atom stereocenters. The molecule has 0 radical (unpaired) electrons. The lowest BCUT2D eigenvalue weighted by Gasteiger charge is -2.26. The van der Waals surface area contributed by atoms with E-state index in [4.69, 9.17) is 4.42 Å². The van der Waals surface area contributed by atoms with Gasteiger partial charge in [-0.15, -0.1) is 0 Å². The first-order chi connectivity index (χ1) is 12.5. The molecule has 0 amide bonds. The molecule has 0 fully saturated rings. The summed E-state index contributed by atoms with van der Waals surface area (Å²) in [6.45, 7) is 7.76. The van der Waals surface area contributed by atoms with Crippen molar-refractivity contribution in [1.82, 2.24) is 15.6 Å². The van der Waals surface area contributed by atoms with Gasteiger partial charge in [0.05, 0.1) is 12.7 Å². The number of aromatic nitrogens is 1. The van der Waals surface area contributed by atoms with Crippen molar-refractivity contribution in [2.75, 3.05) is 13.6 Å². The van der Waals surface area contributed by atoms with E-state index in [-0.39, 0.29) is 5.41 Å². The zero-order valence-electron chi connectivity index (χ0n) is 16.3. The lowest BCUT2D eigenvalue weighted by atomic mass is 9.83. The molecule has 1 aliphatic rings. The minimum Gasteiger partial charge on any atom is -0.443 e. The smallest absolute Gasteiger partial charge is 0.213 e. The van der Waals surface area contributed by atoms with Gasteiger partial charge in [0.2, 0.25) is 5.89 Å². The van der Waals surface area contributed by atoms with E-state index < -0.39 is 0 Å². The Hall–Kier alpha value is -2.30. The van der Waals surface area contributed by atoms with Gasteiger partial charge in [-0.3, -0.25) is 4.99 Å². The number of nitrogens with one attached hydrogen (secondary N) is 2. The third kappa shape index (κ3) is 4.45. The molecule has 26 heavy (non-hydrogen) atoms. The normalized spacial score (nSPS) is 17.7. The summed E-state index contributed by atoms with van der Waals surface area (Å²) < 4.78 is 5.83. The van der Waals surface area contributed by atoms with Crippen LogP contribution in [-0.4, -0.2) is 24.5 Å². The summed E-state index contributed by atoms with van der Waals surface area (Å²) in [5.74, 6) is 2.90. The van der Waals surface area contributed by atoms with Crippen LogP contribution in [0.2, 0.25) is 0 Å². The van der Waals surface area contributed by atoms with Gasteiger partial charge in [-0.05, 0) is 30.4 Å². The summed E-state index contributed by atoms with van der Waals surface area (Å²) in [7, 11) is 1.79. The Labute approximate surface area is 156 Å². The lowest BCUT2D eigenvalue weighted by Crippen LogP contribution is -2.39. The largest absolute Gasteiger partial charge is 0.443 e. The number of guanidine groups is 1. The van der Waals surface area contributed by atoms with E-state index >= 15 is 0 Å². The van der Waals surface area contributed by atoms with Crippen LogP contribution in [0.15, 0.2) is 39.9 Å². The molecule has 5 nitrogen and oxygen atoms in total. The van der Waals surface area contributed by atoms with Crippen molar-refractivity contribution < 1.29 is 4.42 Å². The molecule has 5 heteroatoms. The lowest BCUT2D eigenvalue weighted by molar-refractivity contribution is 0.379. The van der Waals surface area contributed by atoms with Crippen LogP contribution in [0, 0.1) is 0 Å². The van der Waals surface area contributed by atoms with Gasteiger partial charge in [0.25, 0.3) is 0 Å². The summed E-state index contributed by atoms with van der Waals surface area (Å²) >= 11 is 0. The second kappa shape index (κ2) is 7.94. The monoisotopic (exact) mass is 354 g/mol. The molecule has 1 aliphatic carbocycles. The SMILES string of the molecule is CN=C(NCc1ncc(C(C)(C)C)o1)NCC1CCCc2ccccc21. The average molecular weight is 354 g/mol. The minimum absolute atomic E-state index is 0.0282. The molecule has 140 valence electrons. The van der Waals surface area contributed by atoms with Crippen molar-refractivity contribution >= 4 is 5.96 Å². The number of rotatable bonds is 4. The maximum atomic E-state index is 5.83. The molecule has 0 aliphatic heterocycles. The summed E-state index contributed by atoms with van der Waals surface area (Å²) in [4.78, 5) is 8.68. The summed E-state index contributed by atoms with van der Waals surface area (Å²) in [5, 5.41) is 6.75. The summed E-state index contributed by atoms with van der Waals surface area (Å²) in [6.07, 6.45) is 5.48. The van der Waals surface area contributed by atoms with E-state index in [0.717, 1.165) is 18.3 Å².